The van der Waals surface area contributed by atoms with E-state index >= 15 is 0 Å². The van der Waals surface area contributed by atoms with Crippen molar-refractivity contribution < 1.29 is 0 Å². The van der Waals surface area contributed by atoms with Gasteiger partial charge in [0.1, 0.15) is 0 Å². The highest BCUT2D eigenvalue weighted by Crippen LogP contribution is 2.28. The minimum Gasteiger partial charge on any atom is -0.308 e. The van der Waals surface area contributed by atoms with Crippen LogP contribution in [0.25, 0.3) is 0 Å². The molecule has 4 fully saturated rings. The van der Waals surface area contributed by atoms with Gasteiger partial charge in [0, 0.05) is 19.6 Å². The van der Waals surface area contributed by atoms with E-state index in [1.165, 1.54) is 71.9 Å². The fourth-order valence-corrected chi connectivity index (χ4v) is 3.79. The molecule has 4 saturated heterocycles. The molecule has 0 aromatic carbocycles. The summed E-state index contributed by atoms with van der Waals surface area (Å²) >= 11 is 0. The molecule has 0 spiro atoms. The van der Waals surface area contributed by atoms with Crippen LogP contribution in [-0.4, -0.2) is 66.4 Å². The maximum atomic E-state index is 3.86. The summed E-state index contributed by atoms with van der Waals surface area (Å²) in [4.78, 5) is 7.74. The van der Waals surface area contributed by atoms with Crippen molar-refractivity contribution in [1.82, 2.24) is 20.0 Å². The Morgan fingerprint density at radius 2 is 1.47 bits per heavy atom. The average Bonchev–Trinajstić information content (AvgIpc) is 2.26. The number of unbranched alkanes of at least 4 members (excludes halogenated alkanes) is 3. The van der Waals surface area contributed by atoms with E-state index in [-0.39, 0.29) is 0 Å². The molecular weight excluding hydrogens is 212 g/mol. The SMILES string of the molecule is CCCCCCNC12CN3CN(CN(C3)C1)C2. The summed E-state index contributed by atoms with van der Waals surface area (Å²) in [5, 5.41) is 3.86. The Kier molecular flexibility index (Phi) is 3.39. The molecule has 0 aromatic heterocycles. The maximum Gasteiger partial charge on any atom is 0.0569 e. The molecule has 98 valence electrons. The average molecular weight is 238 g/mol. The number of hydrogen-bond acceptors (Lipinski definition) is 4. The molecule has 0 unspecified atom stereocenters. The van der Waals surface area contributed by atoms with Crippen molar-refractivity contribution in [3.8, 4) is 0 Å². The second-order valence-electron chi connectivity index (χ2n) is 6.18. The van der Waals surface area contributed by atoms with Crippen LogP contribution >= 0.6 is 0 Å². The minimum atomic E-state index is 0.376. The molecule has 4 rings (SSSR count). The first-order chi connectivity index (χ1) is 8.30. The summed E-state index contributed by atoms with van der Waals surface area (Å²) in [6.07, 6.45) is 5.45. The molecule has 4 heteroatoms. The molecule has 0 aromatic rings. The van der Waals surface area contributed by atoms with Crippen LogP contribution in [0.4, 0.5) is 0 Å². The van der Waals surface area contributed by atoms with E-state index in [1.54, 1.807) is 0 Å². The molecule has 0 amide bonds. The zero-order valence-corrected chi connectivity index (χ0v) is 11.1. The monoisotopic (exact) mass is 238 g/mol. The summed E-state index contributed by atoms with van der Waals surface area (Å²) in [5.41, 5.74) is 0.376. The van der Waals surface area contributed by atoms with E-state index in [4.69, 9.17) is 0 Å². The van der Waals surface area contributed by atoms with E-state index in [2.05, 4.69) is 26.9 Å². The van der Waals surface area contributed by atoms with Crippen molar-refractivity contribution >= 4 is 0 Å². The van der Waals surface area contributed by atoms with Crippen LogP contribution in [0.3, 0.4) is 0 Å². The molecular formula is C13H26N4. The van der Waals surface area contributed by atoms with E-state index in [9.17, 15) is 0 Å². The molecule has 0 radical (unpaired) electrons. The highest BCUT2D eigenvalue weighted by Gasteiger charge is 2.47. The maximum absolute atomic E-state index is 3.86. The van der Waals surface area contributed by atoms with Crippen LogP contribution in [0.1, 0.15) is 32.6 Å². The predicted octanol–water partition coefficient (Wildman–Crippen LogP) is 0.714. The van der Waals surface area contributed by atoms with Gasteiger partial charge in [0.15, 0.2) is 0 Å². The van der Waals surface area contributed by atoms with Gasteiger partial charge in [-0.15, -0.1) is 0 Å². The second-order valence-corrected chi connectivity index (χ2v) is 6.18. The summed E-state index contributed by atoms with van der Waals surface area (Å²) in [7, 11) is 0. The normalized spacial score (nSPS) is 43.2. The fraction of sp³-hybridized carbons (Fsp3) is 1.00. The van der Waals surface area contributed by atoms with Gasteiger partial charge in [-0.25, -0.2) is 0 Å². The van der Waals surface area contributed by atoms with Gasteiger partial charge in [-0.3, -0.25) is 14.7 Å². The lowest BCUT2D eigenvalue weighted by molar-refractivity contribution is -0.149. The fourth-order valence-electron chi connectivity index (χ4n) is 3.79. The Bertz CT molecular complexity index is 231. The summed E-state index contributed by atoms with van der Waals surface area (Å²) < 4.78 is 0. The standard InChI is InChI=1S/C13H26N4/c1-2-3-4-5-6-14-13-7-15-10-16(8-13)12-17(9-13)11-15/h14H,2-12H2,1H3. The van der Waals surface area contributed by atoms with Crippen molar-refractivity contribution in [2.45, 2.75) is 38.1 Å². The van der Waals surface area contributed by atoms with Crippen LogP contribution in [0.15, 0.2) is 0 Å². The molecule has 4 aliphatic heterocycles. The predicted molar refractivity (Wildman–Crippen MR) is 69.6 cm³/mol. The lowest BCUT2D eigenvalue weighted by atomic mass is 9.90. The first kappa shape index (κ1) is 11.9. The summed E-state index contributed by atoms with van der Waals surface area (Å²) in [6.45, 7) is 10.8. The highest BCUT2D eigenvalue weighted by molar-refractivity contribution is 5.05. The van der Waals surface area contributed by atoms with Gasteiger partial charge in [0.05, 0.1) is 25.5 Å². The van der Waals surface area contributed by atoms with E-state index in [0.717, 1.165) is 0 Å². The third-order valence-corrected chi connectivity index (χ3v) is 4.31. The van der Waals surface area contributed by atoms with Crippen molar-refractivity contribution in [2.75, 3.05) is 46.2 Å². The lowest BCUT2D eigenvalue weighted by Crippen LogP contribution is -2.79. The van der Waals surface area contributed by atoms with Crippen molar-refractivity contribution in [3.63, 3.8) is 0 Å². The molecule has 1 N–H and O–H groups in total. The molecule has 4 heterocycles. The quantitative estimate of drug-likeness (QED) is 0.688. The molecule has 4 aliphatic rings. The van der Waals surface area contributed by atoms with E-state index in [1.807, 2.05) is 0 Å². The third-order valence-electron chi connectivity index (χ3n) is 4.31. The Labute approximate surface area is 105 Å². The van der Waals surface area contributed by atoms with Crippen LogP contribution in [0, 0.1) is 0 Å². The summed E-state index contributed by atoms with van der Waals surface area (Å²) in [5.74, 6) is 0. The summed E-state index contributed by atoms with van der Waals surface area (Å²) in [6, 6.07) is 0. The minimum absolute atomic E-state index is 0.376. The van der Waals surface area contributed by atoms with Crippen molar-refractivity contribution in [1.29, 1.82) is 0 Å². The van der Waals surface area contributed by atoms with Gasteiger partial charge in [-0.1, -0.05) is 26.2 Å². The van der Waals surface area contributed by atoms with Gasteiger partial charge in [0.25, 0.3) is 0 Å². The Morgan fingerprint density at radius 3 is 2.00 bits per heavy atom. The molecule has 0 atom stereocenters. The smallest absolute Gasteiger partial charge is 0.0569 e. The van der Waals surface area contributed by atoms with Gasteiger partial charge < -0.3 is 5.32 Å². The Morgan fingerprint density at radius 1 is 0.882 bits per heavy atom. The van der Waals surface area contributed by atoms with Gasteiger partial charge >= 0.3 is 0 Å². The van der Waals surface area contributed by atoms with E-state index in [0.29, 0.717) is 5.54 Å². The van der Waals surface area contributed by atoms with Crippen molar-refractivity contribution in [2.24, 2.45) is 0 Å². The largest absolute Gasteiger partial charge is 0.308 e. The number of rotatable bonds is 6. The van der Waals surface area contributed by atoms with Gasteiger partial charge in [-0.05, 0) is 13.0 Å². The molecule has 0 aliphatic carbocycles. The Balaban J connectivity index is 1.49. The third kappa shape index (κ3) is 2.50. The topological polar surface area (TPSA) is 21.8 Å². The zero-order valence-electron chi connectivity index (χ0n) is 11.1. The molecule has 4 bridgehead atoms. The number of hydrogen-bond donors (Lipinski definition) is 1. The van der Waals surface area contributed by atoms with Crippen molar-refractivity contribution in [3.05, 3.63) is 0 Å². The van der Waals surface area contributed by atoms with Gasteiger partial charge in [-0.2, -0.15) is 0 Å². The molecule has 17 heavy (non-hydrogen) atoms. The van der Waals surface area contributed by atoms with E-state index < -0.39 is 0 Å². The van der Waals surface area contributed by atoms with Crippen LogP contribution in [0.2, 0.25) is 0 Å². The van der Waals surface area contributed by atoms with Crippen LogP contribution < -0.4 is 5.32 Å². The van der Waals surface area contributed by atoms with Crippen LogP contribution in [-0.2, 0) is 0 Å². The van der Waals surface area contributed by atoms with Crippen LogP contribution in [0.5, 0.6) is 0 Å². The zero-order chi connectivity index (χ0) is 11.7. The van der Waals surface area contributed by atoms with Gasteiger partial charge in [0.2, 0.25) is 0 Å². The molecule has 0 saturated carbocycles. The number of nitrogens with one attached hydrogen (secondary N) is 1. The first-order valence-corrected chi connectivity index (χ1v) is 7.22. The lowest BCUT2D eigenvalue weighted by Gasteiger charge is -2.60. The number of nitrogens with zero attached hydrogens (tertiary/aromatic N) is 3. The molecule has 4 nitrogen and oxygen atoms in total. The highest BCUT2D eigenvalue weighted by atomic mass is 15.6. The Hall–Kier alpha value is -0.160. The second kappa shape index (κ2) is 4.84. The first-order valence-electron chi connectivity index (χ1n) is 7.22.